The molecule has 0 aliphatic heterocycles. The van der Waals surface area contributed by atoms with Crippen LogP contribution in [0.15, 0.2) is 54.1 Å². The monoisotopic (exact) mass is 478 g/mol. The number of carbonyl (C=O) groups is 1. The maximum Gasteiger partial charge on any atom is 0.333 e. The van der Waals surface area contributed by atoms with Crippen LogP contribution in [0.1, 0.15) is 89.2 Å². The van der Waals surface area contributed by atoms with Gasteiger partial charge in [-0.3, -0.25) is 0 Å². The summed E-state index contributed by atoms with van der Waals surface area (Å²) in [5.74, 6) is 1.91. The Morgan fingerprint density at radius 2 is 1.80 bits per heavy atom. The van der Waals surface area contributed by atoms with Gasteiger partial charge in [0.2, 0.25) is 0 Å². The van der Waals surface area contributed by atoms with E-state index in [0.29, 0.717) is 17.2 Å². The van der Waals surface area contributed by atoms with Crippen molar-refractivity contribution < 1.29 is 19.4 Å². The Morgan fingerprint density at radius 1 is 1.06 bits per heavy atom. The zero-order valence-corrected chi connectivity index (χ0v) is 21.7. The van der Waals surface area contributed by atoms with Gasteiger partial charge in [-0.1, -0.05) is 69.0 Å². The standard InChI is InChI=1S/C31H42O4/c1-4-6-7-8-24-9-11-25(12-10-24)26-13-15-27(16-14-26)30-18-17-29(34-20-19-32)21-28(30)22-35-31(33)23(3)5-2/h5,13-18,21,24-25,32H,4,6-12,19-20,22H2,1-3H3/b23-5+. The summed E-state index contributed by atoms with van der Waals surface area (Å²) >= 11 is 0. The van der Waals surface area contributed by atoms with Gasteiger partial charge < -0.3 is 14.6 Å². The maximum absolute atomic E-state index is 12.2. The van der Waals surface area contributed by atoms with Gasteiger partial charge in [-0.25, -0.2) is 4.79 Å². The van der Waals surface area contributed by atoms with Gasteiger partial charge in [0.25, 0.3) is 0 Å². The van der Waals surface area contributed by atoms with Gasteiger partial charge in [0.05, 0.1) is 6.61 Å². The molecular formula is C31H42O4. The number of allylic oxidation sites excluding steroid dienone is 1. The van der Waals surface area contributed by atoms with Gasteiger partial charge in [-0.15, -0.1) is 0 Å². The summed E-state index contributed by atoms with van der Waals surface area (Å²) in [6.45, 7) is 6.20. The molecule has 1 aliphatic carbocycles. The van der Waals surface area contributed by atoms with Crippen molar-refractivity contribution in [2.45, 2.75) is 84.7 Å². The van der Waals surface area contributed by atoms with Crippen LogP contribution < -0.4 is 4.74 Å². The number of unbranched alkanes of at least 4 members (excludes halogenated alkanes) is 2. The predicted molar refractivity (Wildman–Crippen MR) is 143 cm³/mol. The largest absolute Gasteiger partial charge is 0.491 e. The van der Waals surface area contributed by atoms with Crippen molar-refractivity contribution in [2.75, 3.05) is 13.2 Å². The molecule has 0 unspecified atom stereocenters. The first kappa shape index (κ1) is 27.0. The van der Waals surface area contributed by atoms with Gasteiger partial charge in [-0.2, -0.15) is 0 Å². The van der Waals surface area contributed by atoms with Gasteiger partial charge in [0.1, 0.15) is 19.0 Å². The fourth-order valence-electron chi connectivity index (χ4n) is 5.00. The first-order chi connectivity index (χ1) is 17.0. The molecule has 2 aromatic rings. The molecule has 0 heterocycles. The molecular weight excluding hydrogens is 436 g/mol. The Morgan fingerprint density at radius 3 is 2.46 bits per heavy atom. The molecule has 0 bridgehead atoms. The highest BCUT2D eigenvalue weighted by Gasteiger charge is 2.22. The Labute approximate surface area is 211 Å². The highest BCUT2D eigenvalue weighted by Crippen LogP contribution is 2.38. The molecule has 0 radical (unpaired) electrons. The SMILES string of the molecule is C/C=C(\C)C(=O)OCc1cc(OCCO)ccc1-c1ccc(C2CCC(CCCCC)CC2)cc1. The number of aliphatic hydroxyl groups excluding tert-OH is 1. The molecule has 0 saturated heterocycles. The number of hydrogen-bond acceptors (Lipinski definition) is 4. The van der Waals surface area contributed by atoms with Crippen molar-refractivity contribution in [3.8, 4) is 16.9 Å². The molecule has 4 nitrogen and oxygen atoms in total. The van der Waals surface area contributed by atoms with Crippen molar-refractivity contribution >= 4 is 5.97 Å². The van der Waals surface area contributed by atoms with Crippen molar-refractivity contribution in [3.05, 3.63) is 65.2 Å². The minimum absolute atomic E-state index is 0.0469. The minimum atomic E-state index is -0.319. The van der Waals surface area contributed by atoms with Crippen LogP contribution in [0.4, 0.5) is 0 Å². The third-order valence-corrected chi connectivity index (χ3v) is 7.31. The molecule has 4 heteroatoms. The van der Waals surface area contributed by atoms with Crippen molar-refractivity contribution in [1.29, 1.82) is 0 Å². The van der Waals surface area contributed by atoms with Gasteiger partial charge in [-0.05, 0) is 80.2 Å². The Kier molecular flexibility index (Phi) is 10.9. The van der Waals surface area contributed by atoms with Gasteiger partial charge in [0, 0.05) is 11.1 Å². The second-order valence-electron chi connectivity index (χ2n) is 9.77. The summed E-state index contributed by atoms with van der Waals surface area (Å²) in [5.41, 5.74) is 5.03. The molecule has 0 spiro atoms. The molecule has 0 amide bonds. The van der Waals surface area contributed by atoms with E-state index in [4.69, 9.17) is 14.6 Å². The van der Waals surface area contributed by atoms with E-state index in [9.17, 15) is 4.79 Å². The topological polar surface area (TPSA) is 55.8 Å². The van der Waals surface area contributed by atoms with E-state index < -0.39 is 0 Å². The molecule has 0 atom stereocenters. The average Bonchev–Trinajstić information content (AvgIpc) is 2.90. The highest BCUT2D eigenvalue weighted by molar-refractivity contribution is 5.87. The Balaban J connectivity index is 1.70. The van der Waals surface area contributed by atoms with Crippen LogP contribution in [0.5, 0.6) is 5.75 Å². The van der Waals surface area contributed by atoms with E-state index in [1.54, 1.807) is 13.0 Å². The zero-order chi connectivity index (χ0) is 25.0. The lowest BCUT2D eigenvalue weighted by Crippen LogP contribution is -2.13. The normalized spacial score (nSPS) is 18.3. The number of carbonyl (C=O) groups excluding carboxylic acids is 1. The quantitative estimate of drug-likeness (QED) is 0.194. The number of esters is 1. The van der Waals surface area contributed by atoms with E-state index in [2.05, 4.69) is 31.2 Å². The van der Waals surface area contributed by atoms with Crippen LogP contribution in [0, 0.1) is 5.92 Å². The van der Waals surface area contributed by atoms with E-state index in [0.717, 1.165) is 22.6 Å². The first-order valence-electron chi connectivity index (χ1n) is 13.3. The molecule has 190 valence electrons. The highest BCUT2D eigenvalue weighted by atomic mass is 16.5. The number of rotatable bonds is 12. The summed E-state index contributed by atoms with van der Waals surface area (Å²) in [4.78, 5) is 12.2. The summed E-state index contributed by atoms with van der Waals surface area (Å²) in [6.07, 6.45) is 12.5. The third-order valence-electron chi connectivity index (χ3n) is 7.31. The lowest BCUT2D eigenvalue weighted by atomic mass is 9.77. The van der Waals surface area contributed by atoms with E-state index in [1.165, 1.54) is 56.9 Å². The Bertz CT molecular complexity index is 952. The number of aliphatic hydroxyl groups is 1. The summed E-state index contributed by atoms with van der Waals surface area (Å²) in [5, 5.41) is 9.09. The van der Waals surface area contributed by atoms with Crippen LogP contribution in [0.3, 0.4) is 0 Å². The number of ether oxygens (including phenoxy) is 2. The lowest BCUT2D eigenvalue weighted by Gasteiger charge is -2.29. The molecule has 35 heavy (non-hydrogen) atoms. The molecule has 2 aromatic carbocycles. The number of hydrogen-bond donors (Lipinski definition) is 1. The molecule has 0 aromatic heterocycles. The van der Waals surface area contributed by atoms with Crippen LogP contribution in [0.25, 0.3) is 11.1 Å². The van der Waals surface area contributed by atoms with Crippen molar-refractivity contribution in [2.24, 2.45) is 5.92 Å². The third kappa shape index (κ3) is 7.96. The van der Waals surface area contributed by atoms with E-state index in [1.807, 2.05) is 25.1 Å². The molecule has 1 fully saturated rings. The van der Waals surface area contributed by atoms with Crippen molar-refractivity contribution in [3.63, 3.8) is 0 Å². The Hall–Kier alpha value is -2.59. The minimum Gasteiger partial charge on any atom is -0.491 e. The van der Waals surface area contributed by atoms with E-state index in [-0.39, 0.29) is 25.8 Å². The second kappa shape index (κ2) is 14.1. The molecule has 1 aliphatic rings. The summed E-state index contributed by atoms with van der Waals surface area (Å²) < 4.78 is 11.2. The predicted octanol–water partition coefficient (Wildman–Crippen LogP) is 7.59. The fraction of sp³-hybridized carbons (Fsp3) is 0.516. The van der Waals surface area contributed by atoms with Crippen molar-refractivity contribution in [1.82, 2.24) is 0 Å². The van der Waals surface area contributed by atoms with Crippen LogP contribution in [-0.2, 0) is 16.1 Å². The van der Waals surface area contributed by atoms with Crippen LogP contribution >= 0.6 is 0 Å². The fourth-order valence-corrected chi connectivity index (χ4v) is 5.00. The van der Waals surface area contributed by atoms with Crippen LogP contribution in [-0.4, -0.2) is 24.3 Å². The zero-order valence-electron chi connectivity index (χ0n) is 21.7. The van der Waals surface area contributed by atoms with Gasteiger partial charge >= 0.3 is 5.97 Å². The maximum atomic E-state index is 12.2. The van der Waals surface area contributed by atoms with Gasteiger partial charge in [0.15, 0.2) is 0 Å². The first-order valence-corrected chi connectivity index (χ1v) is 13.3. The van der Waals surface area contributed by atoms with Crippen LogP contribution in [0.2, 0.25) is 0 Å². The smallest absolute Gasteiger partial charge is 0.333 e. The van der Waals surface area contributed by atoms with E-state index >= 15 is 0 Å². The number of benzene rings is 2. The average molecular weight is 479 g/mol. The summed E-state index contributed by atoms with van der Waals surface area (Å²) in [7, 11) is 0. The summed E-state index contributed by atoms with van der Waals surface area (Å²) in [6, 6.07) is 14.7. The molecule has 1 saturated carbocycles. The lowest BCUT2D eigenvalue weighted by molar-refractivity contribution is -0.140. The molecule has 1 N–H and O–H groups in total. The molecule has 3 rings (SSSR count). The second-order valence-corrected chi connectivity index (χ2v) is 9.77.